The van der Waals surface area contributed by atoms with Gasteiger partial charge in [-0.2, -0.15) is 13.2 Å². The molecule has 2 saturated carbocycles. The molecule has 1 aromatic carbocycles. The summed E-state index contributed by atoms with van der Waals surface area (Å²) in [4.78, 5) is 23.5. The Labute approximate surface area is 269 Å². The maximum absolute atomic E-state index is 14.7. The molecule has 4 aromatic heterocycles. The van der Waals surface area contributed by atoms with Crippen molar-refractivity contribution in [1.82, 2.24) is 33.9 Å². The van der Waals surface area contributed by atoms with E-state index in [1.54, 1.807) is 23.7 Å². The van der Waals surface area contributed by atoms with E-state index in [0.717, 1.165) is 42.5 Å². The molecule has 0 aliphatic heterocycles. The van der Waals surface area contributed by atoms with Crippen molar-refractivity contribution in [1.29, 1.82) is 0 Å². The maximum Gasteiger partial charge on any atom is 0.419 e. The Hall–Kier alpha value is -4.17. The van der Waals surface area contributed by atoms with Gasteiger partial charge in [-0.1, -0.05) is 25.7 Å². The Kier molecular flexibility index (Phi) is 7.70. The minimum Gasteiger partial charge on any atom is -0.361 e. The summed E-state index contributed by atoms with van der Waals surface area (Å²) in [7, 11) is 0.308. The van der Waals surface area contributed by atoms with Crippen LogP contribution in [-0.2, 0) is 24.7 Å². The average molecular weight is 666 g/mol. The molecule has 0 unspecified atom stereocenters. The molecule has 14 heteroatoms. The van der Waals surface area contributed by atoms with Crippen LogP contribution in [0.3, 0.4) is 0 Å². The van der Waals surface area contributed by atoms with Gasteiger partial charge in [0.2, 0.25) is 0 Å². The van der Waals surface area contributed by atoms with E-state index in [9.17, 15) is 22.4 Å². The quantitative estimate of drug-likeness (QED) is 0.0886. The molecule has 7 rings (SSSR count). The number of nitrogens with zero attached hydrogens (tertiary/aromatic N) is 7. The summed E-state index contributed by atoms with van der Waals surface area (Å²) >= 11 is 0. The molecule has 0 atom stereocenters. The smallest absolute Gasteiger partial charge is 0.361 e. The van der Waals surface area contributed by atoms with Crippen molar-refractivity contribution in [2.45, 2.75) is 76.1 Å². The minimum atomic E-state index is -4.79. The molecule has 5 aromatic rings. The largest absolute Gasteiger partial charge is 0.419 e. The third-order valence-electron chi connectivity index (χ3n) is 8.72. The SMILES string of the molecule is Cn1cnnc1-c1cc(F)ccc1-c1cc(C2CC2)nc(-n2cc(C(F)(F)F)c3nc(C4CC4)n(COCC[Si](C)(C)C)c3c2=O)c1. The highest BCUT2D eigenvalue weighted by Gasteiger charge is 2.39. The number of benzene rings is 1. The first-order valence-electron chi connectivity index (χ1n) is 15.8. The van der Waals surface area contributed by atoms with Gasteiger partial charge >= 0.3 is 6.18 Å². The van der Waals surface area contributed by atoms with Crippen LogP contribution in [0.4, 0.5) is 17.6 Å². The molecule has 0 bridgehead atoms. The number of hydrogen-bond acceptors (Lipinski definition) is 6. The first-order chi connectivity index (χ1) is 22.3. The van der Waals surface area contributed by atoms with Gasteiger partial charge in [0.1, 0.15) is 47.1 Å². The Morgan fingerprint density at radius 2 is 1.74 bits per heavy atom. The van der Waals surface area contributed by atoms with Gasteiger partial charge in [-0.05, 0) is 67.1 Å². The lowest BCUT2D eigenvalue weighted by molar-refractivity contribution is -0.136. The third kappa shape index (κ3) is 6.27. The Bertz CT molecular complexity index is 2050. The lowest BCUT2D eigenvalue weighted by Gasteiger charge is -2.17. The van der Waals surface area contributed by atoms with Gasteiger partial charge in [0.05, 0.1) is 0 Å². The Balaban J connectivity index is 1.42. The molecule has 0 saturated heterocycles. The highest BCUT2D eigenvalue weighted by molar-refractivity contribution is 6.76. The van der Waals surface area contributed by atoms with Crippen LogP contribution in [0.25, 0.3) is 39.4 Å². The van der Waals surface area contributed by atoms with E-state index in [2.05, 4.69) is 34.8 Å². The summed E-state index contributed by atoms with van der Waals surface area (Å²) in [6.07, 6.45) is 0.813. The fourth-order valence-electron chi connectivity index (χ4n) is 5.82. The number of halogens is 4. The van der Waals surface area contributed by atoms with E-state index in [1.807, 2.05) is 6.07 Å². The second kappa shape index (κ2) is 11.5. The maximum atomic E-state index is 14.7. The van der Waals surface area contributed by atoms with Gasteiger partial charge in [-0.15, -0.1) is 10.2 Å². The summed E-state index contributed by atoms with van der Waals surface area (Å²) in [6, 6.07) is 8.54. The monoisotopic (exact) mass is 665 g/mol. The number of imidazole rings is 1. The molecule has 2 aliphatic carbocycles. The fourth-order valence-corrected chi connectivity index (χ4v) is 6.57. The van der Waals surface area contributed by atoms with Crippen LogP contribution in [0, 0.1) is 5.82 Å². The zero-order chi connectivity index (χ0) is 33.2. The van der Waals surface area contributed by atoms with Crippen molar-refractivity contribution < 1.29 is 22.3 Å². The van der Waals surface area contributed by atoms with Gasteiger partial charge < -0.3 is 9.30 Å². The average Bonchev–Trinajstić information content (AvgIpc) is 3.94. The van der Waals surface area contributed by atoms with E-state index in [-0.39, 0.29) is 35.4 Å². The van der Waals surface area contributed by atoms with E-state index in [0.29, 0.717) is 40.6 Å². The number of alkyl halides is 3. The van der Waals surface area contributed by atoms with Crippen LogP contribution in [0.5, 0.6) is 0 Å². The highest BCUT2D eigenvalue weighted by atomic mass is 28.3. The van der Waals surface area contributed by atoms with Crippen molar-refractivity contribution in [3.05, 3.63) is 76.1 Å². The molecular weight excluding hydrogens is 630 g/mol. The van der Waals surface area contributed by atoms with E-state index in [1.165, 1.54) is 23.0 Å². The first kappa shape index (κ1) is 31.4. The minimum absolute atomic E-state index is 0.0302. The van der Waals surface area contributed by atoms with Crippen LogP contribution >= 0.6 is 0 Å². The van der Waals surface area contributed by atoms with E-state index in [4.69, 9.17) is 9.72 Å². The molecule has 0 N–H and O–H groups in total. The predicted octanol–water partition coefficient (Wildman–Crippen LogP) is 7.27. The number of fused-ring (bicyclic) bond motifs is 1. The number of rotatable bonds is 10. The predicted molar refractivity (Wildman–Crippen MR) is 172 cm³/mol. The van der Waals surface area contributed by atoms with Crippen LogP contribution in [-0.4, -0.2) is 48.5 Å². The van der Waals surface area contributed by atoms with Gasteiger partial charge in [0.25, 0.3) is 5.56 Å². The zero-order valence-corrected chi connectivity index (χ0v) is 27.6. The third-order valence-corrected chi connectivity index (χ3v) is 10.4. The van der Waals surface area contributed by atoms with Crippen LogP contribution in [0.2, 0.25) is 25.7 Å². The molecule has 4 heterocycles. The molecule has 2 fully saturated rings. The molecule has 246 valence electrons. The first-order valence-corrected chi connectivity index (χ1v) is 19.5. The number of ether oxygens (including phenoxy) is 1. The molecule has 2 aliphatic rings. The summed E-state index contributed by atoms with van der Waals surface area (Å²) in [5, 5.41) is 8.09. The highest BCUT2D eigenvalue weighted by Crippen LogP contribution is 2.44. The van der Waals surface area contributed by atoms with Gasteiger partial charge in [0.15, 0.2) is 5.82 Å². The molecule has 0 spiro atoms. The van der Waals surface area contributed by atoms with Crippen LogP contribution in [0.1, 0.15) is 54.6 Å². The molecule has 47 heavy (non-hydrogen) atoms. The molecular formula is C33H35F4N7O2Si. The van der Waals surface area contributed by atoms with Crippen molar-refractivity contribution in [2.75, 3.05) is 6.61 Å². The van der Waals surface area contributed by atoms with E-state index >= 15 is 0 Å². The fraction of sp³-hybridized carbons (Fsp3) is 0.424. The summed E-state index contributed by atoms with van der Waals surface area (Å²) in [5.41, 5.74) is 0.0234. The molecule has 0 amide bonds. The van der Waals surface area contributed by atoms with Crippen LogP contribution < -0.4 is 5.56 Å². The Morgan fingerprint density at radius 1 is 1.00 bits per heavy atom. The topological polar surface area (TPSA) is 92.7 Å². The van der Waals surface area contributed by atoms with Gasteiger partial charge in [-0.25, -0.2) is 14.4 Å². The number of hydrogen-bond donors (Lipinski definition) is 0. The molecule has 0 radical (unpaired) electrons. The normalized spacial score (nSPS) is 15.6. The molecule has 9 nitrogen and oxygen atoms in total. The second-order valence-electron chi connectivity index (χ2n) is 13.8. The van der Waals surface area contributed by atoms with Crippen molar-refractivity contribution in [3.8, 4) is 28.3 Å². The van der Waals surface area contributed by atoms with Crippen LogP contribution in [0.15, 0.2) is 47.7 Å². The standard InChI is InChI=1S/C33H35F4N7O2Si/c1-42-17-38-41-31(42)24-15-22(34)9-10-23(24)21-13-26(19-5-6-19)39-27(14-21)43-16-25(33(35,36)37)28-29(32(43)45)44(30(40-28)20-7-8-20)18-46-11-12-47(2,3)4/h9-10,13-17,19-20H,5-8,11-12,18H2,1-4H3. The Morgan fingerprint density at radius 3 is 2.38 bits per heavy atom. The summed E-state index contributed by atoms with van der Waals surface area (Å²) < 4.78 is 68.9. The summed E-state index contributed by atoms with van der Waals surface area (Å²) in [5.74, 6) is 0.475. The van der Waals surface area contributed by atoms with Crippen molar-refractivity contribution >= 4 is 19.1 Å². The lowest BCUT2D eigenvalue weighted by Crippen LogP contribution is -2.25. The van der Waals surface area contributed by atoms with Gasteiger partial charge in [0, 0.05) is 51.0 Å². The second-order valence-corrected chi connectivity index (χ2v) is 19.4. The van der Waals surface area contributed by atoms with E-state index < -0.39 is 31.2 Å². The zero-order valence-electron chi connectivity index (χ0n) is 26.6. The number of aromatic nitrogens is 7. The lowest BCUT2D eigenvalue weighted by atomic mass is 9.98. The van der Waals surface area contributed by atoms with Gasteiger partial charge in [-0.3, -0.25) is 13.9 Å². The number of aryl methyl sites for hydroxylation is 1. The summed E-state index contributed by atoms with van der Waals surface area (Å²) in [6.45, 7) is 7.01. The van der Waals surface area contributed by atoms with Crippen molar-refractivity contribution in [2.24, 2.45) is 7.05 Å². The number of pyridine rings is 2. The van der Waals surface area contributed by atoms with Crippen molar-refractivity contribution in [3.63, 3.8) is 0 Å².